The molecule has 1 N–H and O–H groups in total. The summed E-state index contributed by atoms with van der Waals surface area (Å²) in [6.07, 6.45) is 2.16. The minimum Gasteiger partial charge on any atom is -0.496 e. The summed E-state index contributed by atoms with van der Waals surface area (Å²) in [5.41, 5.74) is 1.61. The second kappa shape index (κ2) is 6.78. The Morgan fingerprint density at radius 3 is 2.57 bits per heavy atom. The molecule has 0 radical (unpaired) electrons. The summed E-state index contributed by atoms with van der Waals surface area (Å²) in [5.74, 6) is 1.30. The van der Waals surface area contributed by atoms with Gasteiger partial charge >= 0.3 is 5.97 Å². The van der Waals surface area contributed by atoms with Crippen LogP contribution in [0.1, 0.15) is 30.7 Å². The van der Waals surface area contributed by atoms with Crippen LogP contribution in [-0.4, -0.2) is 35.2 Å². The first-order valence-electron chi connectivity index (χ1n) is 9.35. The Hall–Kier alpha value is -3.15. The Bertz CT molecular complexity index is 1060. The van der Waals surface area contributed by atoms with Gasteiger partial charge in [-0.05, 0) is 50.1 Å². The van der Waals surface area contributed by atoms with Crippen molar-refractivity contribution in [3.05, 3.63) is 53.9 Å². The summed E-state index contributed by atoms with van der Waals surface area (Å²) in [4.78, 5) is 23.2. The van der Waals surface area contributed by atoms with E-state index in [0.717, 1.165) is 34.4 Å². The second-order valence-corrected chi connectivity index (χ2v) is 7.30. The molecule has 1 saturated carbocycles. The molecule has 0 atom stereocenters. The molecule has 6 heteroatoms. The highest BCUT2D eigenvalue weighted by Crippen LogP contribution is 2.48. The van der Waals surface area contributed by atoms with Crippen LogP contribution < -0.4 is 9.64 Å². The van der Waals surface area contributed by atoms with Crippen LogP contribution in [0.4, 0.5) is 11.5 Å². The Balaban J connectivity index is 1.85. The summed E-state index contributed by atoms with van der Waals surface area (Å²) in [7, 11) is 3.52. The number of carbonyl (C=O) groups is 1. The van der Waals surface area contributed by atoms with Crippen LogP contribution >= 0.6 is 0 Å². The molecule has 4 rings (SSSR count). The van der Waals surface area contributed by atoms with Crippen molar-refractivity contribution in [2.45, 2.75) is 31.6 Å². The number of aromatic nitrogens is 2. The lowest BCUT2D eigenvalue weighted by Gasteiger charge is -2.39. The molecule has 0 aliphatic heterocycles. The van der Waals surface area contributed by atoms with E-state index in [1.807, 2.05) is 61.3 Å². The molecular weight excluding hydrogens is 354 g/mol. The first-order chi connectivity index (χ1) is 13.5. The fourth-order valence-electron chi connectivity index (χ4n) is 3.96. The molecule has 6 nitrogen and oxygen atoms in total. The van der Waals surface area contributed by atoms with Gasteiger partial charge in [0.25, 0.3) is 0 Å². The van der Waals surface area contributed by atoms with Crippen LogP contribution in [0.3, 0.4) is 0 Å². The zero-order chi connectivity index (χ0) is 19.9. The molecule has 1 fully saturated rings. The molecule has 0 bridgehead atoms. The van der Waals surface area contributed by atoms with Crippen molar-refractivity contribution in [1.82, 2.24) is 9.97 Å². The number of anilines is 2. The topological polar surface area (TPSA) is 75.5 Å². The average molecular weight is 377 g/mol. The lowest BCUT2D eigenvalue weighted by Crippen LogP contribution is -2.42. The van der Waals surface area contributed by atoms with E-state index in [1.165, 1.54) is 0 Å². The third-order valence-electron chi connectivity index (χ3n) is 5.72. The van der Waals surface area contributed by atoms with Crippen molar-refractivity contribution in [3.63, 3.8) is 0 Å². The lowest BCUT2D eigenvalue weighted by molar-refractivity contribution is -0.147. The molecule has 0 saturated heterocycles. The molecule has 3 aromatic rings. The minimum atomic E-state index is -0.869. The van der Waals surface area contributed by atoms with E-state index in [2.05, 4.69) is 9.97 Å². The number of benzene rings is 2. The van der Waals surface area contributed by atoms with E-state index in [-0.39, 0.29) is 0 Å². The summed E-state index contributed by atoms with van der Waals surface area (Å²) in [6, 6.07) is 13.6. The molecule has 1 heterocycles. The monoisotopic (exact) mass is 377 g/mol. The molecular formula is C22H23N3O3. The van der Waals surface area contributed by atoms with Gasteiger partial charge in [0.2, 0.25) is 0 Å². The standard InChI is InChI=1S/C22H23N3O3/c1-14-23-18-8-5-4-7-16(18)20(24-14)25(2)15-9-10-19(28-3)17(13-15)22(21(26)27)11-6-12-22/h4-5,7-10,13H,6,11-12H2,1-3H3,(H,26,27). The van der Waals surface area contributed by atoms with Crippen molar-refractivity contribution in [1.29, 1.82) is 0 Å². The molecule has 1 aromatic heterocycles. The van der Waals surface area contributed by atoms with E-state index in [4.69, 9.17) is 4.74 Å². The molecule has 0 amide bonds. The number of nitrogens with zero attached hydrogens (tertiary/aromatic N) is 3. The van der Waals surface area contributed by atoms with E-state index in [0.29, 0.717) is 24.4 Å². The van der Waals surface area contributed by atoms with Crippen LogP contribution in [0.15, 0.2) is 42.5 Å². The number of rotatable bonds is 5. The van der Waals surface area contributed by atoms with Crippen molar-refractivity contribution in [2.24, 2.45) is 0 Å². The number of carboxylic acid groups (broad SMARTS) is 1. The average Bonchev–Trinajstić information content (AvgIpc) is 2.65. The van der Waals surface area contributed by atoms with Gasteiger partial charge in [-0.15, -0.1) is 0 Å². The Labute approximate surface area is 163 Å². The fraction of sp³-hybridized carbons (Fsp3) is 0.318. The third kappa shape index (κ3) is 2.76. The smallest absolute Gasteiger partial charge is 0.314 e. The minimum absolute atomic E-state index is 0.614. The summed E-state index contributed by atoms with van der Waals surface area (Å²) in [5, 5.41) is 10.8. The molecule has 28 heavy (non-hydrogen) atoms. The van der Waals surface area contributed by atoms with Crippen LogP contribution in [0.25, 0.3) is 10.9 Å². The number of aliphatic carboxylic acids is 1. The summed E-state index contributed by atoms with van der Waals surface area (Å²) < 4.78 is 5.50. The molecule has 1 aliphatic carbocycles. The van der Waals surface area contributed by atoms with Crippen molar-refractivity contribution in [2.75, 3.05) is 19.1 Å². The number of aryl methyl sites for hydroxylation is 1. The lowest BCUT2D eigenvalue weighted by atomic mass is 9.64. The SMILES string of the molecule is COc1ccc(N(C)c2nc(C)nc3ccccc23)cc1C1(C(=O)O)CCC1. The van der Waals surface area contributed by atoms with Gasteiger partial charge in [-0.1, -0.05) is 18.6 Å². The third-order valence-corrected chi connectivity index (χ3v) is 5.72. The van der Waals surface area contributed by atoms with Crippen molar-refractivity contribution >= 4 is 28.4 Å². The first-order valence-corrected chi connectivity index (χ1v) is 9.35. The quantitative estimate of drug-likeness (QED) is 0.717. The number of fused-ring (bicyclic) bond motifs is 1. The molecule has 0 spiro atoms. The molecule has 144 valence electrons. The molecule has 1 aliphatic rings. The maximum Gasteiger partial charge on any atom is 0.314 e. The predicted molar refractivity (Wildman–Crippen MR) is 108 cm³/mol. The first kappa shape index (κ1) is 18.2. The van der Waals surface area contributed by atoms with Crippen molar-refractivity contribution < 1.29 is 14.6 Å². The fourth-order valence-corrected chi connectivity index (χ4v) is 3.96. The summed E-state index contributed by atoms with van der Waals surface area (Å²) in [6.45, 7) is 1.87. The van der Waals surface area contributed by atoms with E-state index >= 15 is 0 Å². The van der Waals surface area contributed by atoms with Crippen LogP contribution in [0.2, 0.25) is 0 Å². The van der Waals surface area contributed by atoms with E-state index < -0.39 is 11.4 Å². The van der Waals surface area contributed by atoms with Gasteiger partial charge in [-0.25, -0.2) is 9.97 Å². The highest BCUT2D eigenvalue weighted by atomic mass is 16.5. The molecule has 2 aromatic carbocycles. The number of para-hydroxylation sites is 1. The zero-order valence-electron chi connectivity index (χ0n) is 16.3. The van der Waals surface area contributed by atoms with Crippen LogP contribution in [0.5, 0.6) is 5.75 Å². The molecule has 0 unspecified atom stereocenters. The Morgan fingerprint density at radius 1 is 1.18 bits per heavy atom. The zero-order valence-corrected chi connectivity index (χ0v) is 16.3. The van der Waals surface area contributed by atoms with Gasteiger partial charge in [0.15, 0.2) is 0 Å². The van der Waals surface area contributed by atoms with Gasteiger partial charge in [0, 0.05) is 23.7 Å². The van der Waals surface area contributed by atoms with Gasteiger partial charge in [-0.2, -0.15) is 0 Å². The Morgan fingerprint density at radius 2 is 1.93 bits per heavy atom. The van der Waals surface area contributed by atoms with E-state index in [9.17, 15) is 9.90 Å². The highest BCUT2D eigenvalue weighted by Gasteiger charge is 2.48. The highest BCUT2D eigenvalue weighted by molar-refractivity contribution is 5.92. The number of hydrogen-bond acceptors (Lipinski definition) is 5. The second-order valence-electron chi connectivity index (χ2n) is 7.30. The van der Waals surface area contributed by atoms with E-state index in [1.54, 1.807) is 7.11 Å². The number of methoxy groups -OCH3 is 1. The normalized spacial score (nSPS) is 15.1. The van der Waals surface area contributed by atoms with Gasteiger partial charge in [0.05, 0.1) is 18.0 Å². The number of carboxylic acids is 1. The predicted octanol–water partition coefficient (Wildman–Crippen LogP) is 4.22. The number of ether oxygens (including phenoxy) is 1. The van der Waals surface area contributed by atoms with Gasteiger partial charge < -0.3 is 14.7 Å². The Kier molecular flexibility index (Phi) is 4.41. The largest absolute Gasteiger partial charge is 0.496 e. The van der Waals surface area contributed by atoms with Crippen LogP contribution in [-0.2, 0) is 10.2 Å². The maximum absolute atomic E-state index is 12.1. The van der Waals surface area contributed by atoms with Crippen molar-refractivity contribution in [3.8, 4) is 5.75 Å². The van der Waals surface area contributed by atoms with Gasteiger partial charge in [-0.3, -0.25) is 4.79 Å². The number of hydrogen-bond donors (Lipinski definition) is 1. The van der Waals surface area contributed by atoms with Gasteiger partial charge in [0.1, 0.15) is 17.4 Å². The van der Waals surface area contributed by atoms with Crippen LogP contribution in [0, 0.1) is 6.92 Å². The summed E-state index contributed by atoms with van der Waals surface area (Å²) >= 11 is 0. The maximum atomic E-state index is 12.1.